The van der Waals surface area contributed by atoms with Gasteiger partial charge in [-0.2, -0.15) is 5.10 Å². The predicted octanol–water partition coefficient (Wildman–Crippen LogP) is 1.95. The fourth-order valence-electron chi connectivity index (χ4n) is 4.03. The summed E-state index contributed by atoms with van der Waals surface area (Å²) in [7, 11) is 0. The van der Waals surface area contributed by atoms with Gasteiger partial charge in [0.2, 0.25) is 0 Å². The number of pyridine rings is 1. The van der Waals surface area contributed by atoms with Gasteiger partial charge in [0.25, 0.3) is 5.91 Å². The van der Waals surface area contributed by atoms with Crippen molar-refractivity contribution in [2.24, 2.45) is 0 Å². The third-order valence-corrected chi connectivity index (χ3v) is 6.48. The molecule has 0 aromatic carbocycles. The second-order valence-corrected chi connectivity index (χ2v) is 8.95. The minimum absolute atomic E-state index is 0.0332. The molecule has 10 heteroatoms. The van der Waals surface area contributed by atoms with Crippen LogP contribution in [0.4, 0.5) is 0 Å². The monoisotopic (exact) mass is 437 g/mol. The average molecular weight is 438 g/mol. The van der Waals surface area contributed by atoms with E-state index in [0.29, 0.717) is 31.6 Å². The molecule has 1 unspecified atom stereocenters. The van der Waals surface area contributed by atoms with Gasteiger partial charge in [-0.25, -0.2) is 19.4 Å². The minimum atomic E-state index is -0.191. The first kappa shape index (κ1) is 19.7. The van der Waals surface area contributed by atoms with Crippen molar-refractivity contribution >= 4 is 22.9 Å². The van der Waals surface area contributed by atoms with E-state index in [1.807, 2.05) is 41.8 Å². The number of carbonyl (C=O) groups is 1. The summed E-state index contributed by atoms with van der Waals surface area (Å²) in [6.45, 7) is 4.84. The van der Waals surface area contributed by atoms with Crippen LogP contribution in [0.2, 0.25) is 0 Å². The maximum Gasteiger partial charge on any atom is 0.346 e. The van der Waals surface area contributed by atoms with Crippen molar-refractivity contribution in [2.45, 2.75) is 52.2 Å². The molecule has 0 fully saturated rings. The number of nitrogens with one attached hydrogen (secondary N) is 1. The molecule has 0 radical (unpaired) electrons. The Bertz CT molecular complexity index is 1330. The van der Waals surface area contributed by atoms with Crippen molar-refractivity contribution in [3.63, 3.8) is 0 Å². The van der Waals surface area contributed by atoms with Gasteiger partial charge in [0.05, 0.1) is 17.2 Å². The normalized spacial score (nSPS) is 16.3. The number of nitrogens with zero attached hydrogens (tertiary/aromatic N) is 6. The molecule has 1 aliphatic rings. The largest absolute Gasteiger partial charge is 0.348 e. The molecule has 0 spiro atoms. The summed E-state index contributed by atoms with van der Waals surface area (Å²) in [5.41, 5.74) is 2.90. The highest BCUT2D eigenvalue weighted by Crippen LogP contribution is 2.15. The molecule has 1 aliphatic heterocycles. The number of imidazole rings is 1. The molecule has 5 heterocycles. The van der Waals surface area contributed by atoms with Crippen molar-refractivity contribution in [1.82, 2.24) is 34.0 Å². The first-order chi connectivity index (χ1) is 15.0. The van der Waals surface area contributed by atoms with Gasteiger partial charge in [0.1, 0.15) is 17.2 Å². The van der Waals surface area contributed by atoms with Gasteiger partial charge >= 0.3 is 5.69 Å². The zero-order valence-corrected chi connectivity index (χ0v) is 18.2. The second-order valence-electron chi connectivity index (χ2n) is 7.89. The van der Waals surface area contributed by atoms with Crippen LogP contribution in [0.3, 0.4) is 0 Å². The Labute approximate surface area is 182 Å². The number of fused-ring (bicyclic) bond motifs is 2. The predicted molar refractivity (Wildman–Crippen MR) is 117 cm³/mol. The Morgan fingerprint density at radius 3 is 2.90 bits per heavy atom. The zero-order chi connectivity index (χ0) is 21.5. The number of aryl methyl sites for hydroxylation is 3. The van der Waals surface area contributed by atoms with Crippen molar-refractivity contribution in [3.8, 4) is 0 Å². The van der Waals surface area contributed by atoms with Crippen LogP contribution < -0.4 is 11.0 Å². The lowest BCUT2D eigenvalue weighted by atomic mass is 10.1. The van der Waals surface area contributed by atoms with Crippen LogP contribution in [-0.2, 0) is 19.5 Å². The summed E-state index contributed by atoms with van der Waals surface area (Å²) in [6, 6.07) is 5.75. The molecule has 5 rings (SSSR count). The number of thiazole rings is 1. The van der Waals surface area contributed by atoms with Crippen LogP contribution >= 0.6 is 11.3 Å². The van der Waals surface area contributed by atoms with E-state index in [1.54, 1.807) is 22.1 Å². The first-order valence-electron chi connectivity index (χ1n) is 10.3. The highest BCUT2D eigenvalue weighted by molar-refractivity contribution is 7.09. The molecule has 4 aromatic heterocycles. The topological polar surface area (TPSA) is 99.1 Å². The van der Waals surface area contributed by atoms with E-state index in [1.165, 1.54) is 4.68 Å². The zero-order valence-electron chi connectivity index (χ0n) is 17.4. The van der Waals surface area contributed by atoms with Gasteiger partial charge in [0.15, 0.2) is 0 Å². The molecule has 0 aliphatic carbocycles. The number of hydrogen-bond donors (Lipinski definition) is 1. The third kappa shape index (κ3) is 3.78. The number of carbonyl (C=O) groups excluding carboxylic acids is 1. The first-order valence-corrected chi connectivity index (χ1v) is 11.2. The van der Waals surface area contributed by atoms with E-state index in [2.05, 4.69) is 20.4 Å². The van der Waals surface area contributed by atoms with Crippen LogP contribution in [0.1, 0.15) is 45.5 Å². The van der Waals surface area contributed by atoms with Crippen molar-refractivity contribution in [2.75, 3.05) is 0 Å². The quantitative estimate of drug-likeness (QED) is 0.526. The molecular formula is C21H23N7O2S. The van der Waals surface area contributed by atoms with E-state index < -0.39 is 0 Å². The van der Waals surface area contributed by atoms with Crippen LogP contribution in [0.25, 0.3) is 5.65 Å². The molecule has 0 saturated heterocycles. The lowest BCUT2D eigenvalue weighted by molar-refractivity contribution is 0.0928. The molecule has 1 N–H and O–H groups in total. The minimum Gasteiger partial charge on any atom is -0.348 e. The summed E-state index contributed by atoms with van der Waals surface area (Å²) < 4.78 is 5.12. The molecule has 9 nitrogen and oxygen atoms in total. The number of aromatic nitrogens is 6. The SMILES string of the molecule is Cc1nc(Cn2nc3n(c2=O)CCC(NC(=O)c2cn4c(C)cccc4n2)CC3)cs1. The number of rotatable bonds is 4. The van der Waals surface area contributed by atoms with E-state index in [0.717, 1.165) is 34.3 Å². The summed E-state index contributed by atoms with van der Waals surface area (Å²) in [5.74, 6) is 0.570. The van der Waals surface area contributed by atoms with Gasteiger partial charge in [-0.05, 0) is 38.8 Å². The van der Waals surface area contributed by atoms with Crippen LogP contribution in [-0.4, -0.2) is 40.7 Å². The maximum absolute atomic E-state index is 12.8. The summed E-state index contributed by atoms with van der Waals surface area (Å²) in [4.78, 5) is 34.4. The maximum atomic E-state index is 12.8. The molecule has 0 saturated carbocycles. The fourth-order valence-corrected chi connectivity index (χ4v) is 4.63. The Hall–Kier alpha value is -3.27. The van der Waals surface area contributed by atoms with Crippen LogP contribution in [0.5, 0.6) is 0 Å². The van der Waals surface area contributed by atoms with E-state index in [4.69, 9.17) is 0 Å². The Morgan fingerprint density at radius 2 is 2.13 bits per heavy atom. The smallest absolute Gasteiger partial charge is 0.346 e. The summed E-state index contributed by atoms with van der Waals surface area (Å²) in [5, 5.41) is 10.5. The molecule has 160 valence electrons. The summed E-state index contributed by atoms with van der Waals surface area (Å²) in [6.07, 6.45) is 3.80. The van der Waals surface area contributed by atoms with Gasteiger partial charge in [-0.3, -0.25) is 9.36 Å². The molecular weight excluding hydrogens is 414 g/mol. The Balaban J connectivity index is 1.27. The van der Waals surface area contributed by atoms with Crippen molar-refractivity contribution in [1.29, 1.82) is 0 Å². The lowest BCUT2D eigenvalue weighted by Gasteiger charge is -2.15. The highest BCUT2D eigenvalue weighted by atomic mass is 32.1. The third-order valence-electron chi connectivity index (χ3n) is 5.66. The average Bonchev–Trinajstić information content (AvgIpc) is 3.40. The van der Waals surface area contributed by atoms with E-state index in [9.17, 15) is 9.59 Å². The summed E-state index contributed by atoms with van der Waals surface area (Å²) >= 11 is 1.57. The van der Waals surface area contributed by atoms with Crippen LogP contribution in [0, 0.1) is 13.8 Å². The fraction of sp³-hybridized carbons (Fsp3) is 0.381. The Kier molecular flexibility index (Phi) is 4.93. The van der Waals surface area contributed by atoms with Gasteiger partial charge in [0, 0.05) is 36.3 Å². The van der Waals surface area contributed by atoms with Gasteiger partial charge in [-0.1, -0.05) is 6.07 Å². The number of amides is 1. The van der Waals surface area contributed by atoms with Gasteiger partial charge < -0.3 is 9.72 Å². The lowest BCUT2D eigenvalue weighted by Crippen LogP contribution is -2.36. The molecule has 0 bridgehead atoms. The number of hydrogen-bond acceptors (Lipinski definition) is 6. The standard InChI is InChI=1S/C21H23N7O2S/c1-13-4-3-5-18-24-17(11-27(13)18)20(29)23-15-6-7-19-25-28(21(30)26(19)9-8-15)10-16-12-31-14(2)22-16/h3-5,11-12,15H,6-10H2,1-2H3,(H,23,29). The molecule has 1 atom stereocenters. The van der Waals surface area contributed by atoms with E-state index in [-0.39, 0.29) is 17.6 Å². The van der Waals surface area contributed by atoms with E-state index >= 15 is 0 Å². The Morgan fingerprint density at radius 1 is 1.26 bits per heavy atom. The van der Waals surface area contributed by atoms with Crippen molar-refractivity contribution in [3.05, 3.63) is 68.2 Å². The molecule has 1 amide bonds. The van der Waals surface area contributed by atoms with Crippen LogP contribution in [0.15, 0.2) is 34.6 Å². The highest BCUT2D eigenvalue weighted by Gasteiger charge is 2.23. The second kappa shape index (κ2) is 7.77. The molecule has 31 heavy (non-hydrogen) atoms. The van der Waals surface area contributed by atoms with Crippen molar-refractivity contribution < 1.29 is 4.79 Å². The van der Waals surface area contributed by atoms with Gasteiger partial charge in [-0.15, -0.1) is 11.3 Å². The molecule has 4 aromatic rings.